The number of para-hydroxylation sites is 2. The third-order valence-corrected chi connectivity index (χ3v) is 5.91. The number of carbonyl (C=O) groups excluding carboxylic acids is 2. The molecule has 206 valence electrons. The number of benzene rings is 3. The highest BCUT2D eigenvalue weighted by Gasteiger charge is 2.29. The van der Waals surface area contributed by atoms with Crippen molar-refractivity contribution >= 4 is 18.0 Å². The van der Waals surface area contributed by atoms with Crippen LogP contribution in [0.1, 0.15) is 19.4 Å². The number of aliphatic hydroxyl groups is 1. The number of aliphatic carboxylic acids is 1. The number of aliphatic hydroxyl groups excluding tert-OH is 1. The van der Waals surface area contributed by atoms with E-state index in [2.05, 4.69) is 5.32 Å². The molecule has 0 spiro atoms. The number of rotatable bonds is 12. The SMILES string of the molecule is COc1ccccc1OC(=O)[C@H](Cc1ccc(-c2ccccc2)cc1)NC(=O)N(CC(C)C)C[C@H](O)C(=O)O. The van der Waals surface area contributed by atoms with Gasteiger partial charge in [-0.2, -0.15) is 0 Å². The van der Waals surface area contributed by atoms with Gasteiger partial charge in [-0.3, -0.25) is 0 Å². The Hall–Kier alpha value is -4.37. The van der Waals surface area contributed by atoms with Crippen LogP contribution in [0, 0.1) is 5.92 Å². The van der Waals surface area contributed by atoms with E-state index in [1.54, 1.807) is 24.3 Å². The normalized spacial score (nSPS) is 12.3. The monoisotopic (exact) mass is 534 g/mol. The van der Waals surface area contributed by atoms with Gasteiger partial charge in [-0.15, -0.1) is 0 Å². The van der Waals surface area contributed by atoms with E-state index < -0.39 is 36.7 Å². The van der Waals surface area contributed by atoms with E-state index in [0.29, 0.717) is 5.75 Å². The summed E-state index contributed by atoms with van der Waals surface area (Å²) in [6.45, 7) is 3.46. The summed E-state index contributed by atoms with van der Waals surface area (Å²) in [6.07, 6.45) is -1.65. The number of hydrogen-bond donors (Lipinski definition) is 3. The zero-order valence-corrected chi connectivity index (χ0v) is 22.2. The van der Waals surface area contributed by atoms with Gasteiger partial charge in [0.2, 0.25) is 0 Å². The molecule has 0 bridgehead atoms. The van der Waals surface area contributed by atoms with E-state index in [1.165, 1.54) is 12.0 Å². The summed E-state index contributed by atoms with van der Waals surface area (Å²) in [6, 6.07) is 22.3. The number of urea groups is 1. The van der Waals surface area contributed by atoms with Crippen molar-refractivity contribution in [3.63, 3.8) is 0 Å². The number of nitrogens with one attached hydrogen (secondary N) is 1. The molecule has 0 radical (unpaired) electrons. The number of amides is 2. The summed E-state index contributed by atoms with van der Waals surface area (Å²) in [4.78, 5) is 39.0. The van der Waals surface area contributed by atoms with E-state index in [9.17, 15) is 19.5 Å². The van der Waals surface area contributed by atoms with Crippen LogP contribution >= 0.6 is 0 Å². The Kier molecular flexibility index (Phi) is 10.5. The highest BCUT2D eigenvalue weighted by molar-refractivity contribution is 5.86. The maximum atomic E-state index is 13.3. The Bertz CT molecular complexity index is 1250. The molecule has 2 amide bonds. The maximum absolute atomic E-state index is 13.3. The van der Waals surface area contributed by atoms with Crippen molar-refractivity contribution in [1.29, 1.82) is 0 Å². The van der Waals surface area contributed by atoms with Gasteiger partial charge in [0.1, 0.15) is 6.04 Å². The van der Waals surface area contributed by atoms with Crippen LogP contribution in [-0.4, -0.2) is 65.4 Å². The van der Waals surface area contributed by atoms with Gasteiger partial charge < -0.3 is 29.9 Å². The van der Waals surface area contributed by atoms with Crippen LogP contribution in [0.15, 0.2) is 78.9 Å². The Morgan fingerprint density at radius 3 is 2.03 bits per heavy atom. The summed E-state index contributed by atoms with van der Waals surface area (Å²) in [5.74, 6) is -1.62. The van der Waals surface area contributed by atoms with Gasteiger partial charge in [0, 0.05) is 13.0 Å². The largest absolute Gasteiger partial charge is 0.493 e. The summed E-state index contributed by atoms with van der Waals surface area (Å²) in [5.41, 5.74) is 2.83. The minimum absolute atomic E-state index is 0.0127. The zero-order valence-electron chi connectivity index (χ0n) is 22.2. The lowest BCUT2D eigenvalue weighted by Crippen LogP contribution is -2.53. The lowest BCUT2D eigenvalue weighted by atomic mass is 10.0. The van der Waals surface area contributed by atoms with E-state index in [-0.39, 0.29) is 24.6 Å². The molecule has 9 nitrogen and oxygen atoms in total. The van der Waals surface area contributed by atoms with E-state index in [0.717, 1.165) is 16.7 Å². The van der Waals surface area contributed by atoms with Crippen molar-refractivity contribution in [3.8, 4) is 22.6 Å². The van der Waals surface area contributed by atoms with Gasteiger partial charge in [0.25, 0.3) is 0 Å². The van der Waals surface area contributed by atoms with Crippen molar-refractivity contribution in [2.24, 2.45) is 5.92 Å². The van der Waals surface area contributed by atoms with Crippen molar-refractivity contribution in [2.75, 3.05) is 20.2 Å². The first-order valence-corrected chi connectivity index (χ1v) is 12.6. The minimum Gasteiger partial charge on any atom is -0.493 e. The van der Waals surface area contributed by atoms with Crippen LogP contribution in [0.5, 0.6) is 11.5 Å². The van der Waals surface area contributed by atoms with Crippen LogP contribution in [0.2, 0.25) is 0 Å². The molecule has 39 heavy (non-hydrogen) atoms. The summed E-state index contributed by atoms with van der Waals surface area (Å²) in [7, 11) is 1.46. The van der Waals surface area contributed by atoms with Crippen LogP contribution in [-0.2, 0) is 16.0 Å². The number of esters is 1. The van der Waals surface area contributed by atoms with Gasteiger partial charge in [-0.25, -0.2) is 14.4 Å². The molecule has 0 unspecified atom stereocenters. The Balaban J connectivity index is 1.85. The van der Waals surface area contributed by atoms with E-state index in [1.807, 2.05) is 68.4 Å². The first-order chi connectivity index (χ1) is 18.7. The second kappa shape index (κ2) is 14.0. The van der Waals surface area contributed by atoms with Gasteiger partial charge in [-0.05, 0) is 34.7 Å². The predicted molar refractivity (Wildman–Crippen MR) is 147 cm³/mol. The summed E-state index contributed by atoms with van der Waals surface area (Å²) >= 11 is 0. The summed E-state index contributed by atoms with van der Waals surface area (Å²) < 4.78 is 10.9. The Labute approximate surface area is 228 Å². The number of nitrogens with zero attached hydrogens (tertiary/aromatic N) is 1. The number of hydrogen-bond acceptors (Lipinski definition) is 6. The lowest BCUT2D eigenvalue weighted by Gasteiger charge is -2.28. The van der Waals surface area contributed by atoms with Crippen molar-refractivity contribution in [1.82, 2.24) is 10.2 Å². The Morgan fingerprint density at radius 2 is 1.44 bits per heavy atom. The second-order valence-electron chi connectivity index (χ2n) is 9.49. The molecule has 3 aromatic carbocycles. The van der Waals surface area contributed by atoms with Crippen molar-refractivity contribution in [2.45, 2.75) is 32.4 Å². The molecule has 0 heterocycles. The lowest BCUT2D eigenvalue weighted by molar-refractivity contribution is -0.147. The number of carbonyl (C=O) groups is 3. The molecule has 3 rings (SSSR count). The fraction of sp³-hybridized carbons (Fsp3) is 0.300. The van der Waals surface area contributed by atoms with Crippen molar-refractivity contribution in [3.05, 3.63) is 84.4 Å². The topological polar surface area (TPSA) is 125 Å². The number of carboxylic acids is 1. The molecule has 9 heteroatoms. The second-order valence-corrected chi connectivity index (χ2v) is 9.49. The van der Waals surface area contributed by atoms with Gasteiger partial charge in [0.15, 0.2) is 17.6 Å². The molecular formula is C30H34N2O7. The zero-order chi connectivity index (χ0) is 28.4. The molecule has 0 aliphatic rings. The van der Waals surface area contributed by atoms with Crippen LogP contribution < -0.4 is 14.8 Å². The molecule has 0 aliphatic carbocycles. The first-order valence-electron chi connectivity index (χ1n) is 12.6. The minimum atomic E-state index is -1.76. The van der Waals surface area contributed by atoms with Crippen molar-refractivity contribution < 1.29 is 34.1 Å². The third kappa shape index (κ3) is 8.58. The molecular weight excluding hydrogens is 500 g/mol. The molecule has 3 N–H and O–H groups in total. The third-order valence-electron chi connectivity index (χ3n) is 5.91. The molecule has 2 atom stereocenters. The Morgan fingerprint density at radius 1 is 0.846 bits per heavy atom. The molecule has 0 aromatic heterocycles. The standard InChI is InChI=1S/C30H34N2O7/c1-20(2)18-32(19-25(33)28(34)35)30(37)31-24(29(36)39-27-12-8-7-11-26(27)38-3)17-21-13-15-23(16-14-21)22-9-5-4-6-10-22/h4-16,20,24-25,33H,17-19H2,1-3H3,(H,31,37)(H,34,35)/t24-,25-/m0/s1. The average molecular weight is 535 g/mol. The van der Waals surface area contributed by atoms with Gasteiger partial charge in [0.05, 0.1) is 13.7 Å². The fourth-order valence-corrected chi connectivity index (χ4v) is 3.98. The van der Waals surface area contributed by atoms with Gasteiger partial charge in [-0.1, -0.05) is 80.6 Å². The van der Waals surface area contributed by atoms with E-state index in [4.69, 9.17) is 14.6 Å². The average Bonchev–Trinajstić information content (AvgIpc) is 2.93. The quantitative estimate of drug-likeness (QED) is 0.237. The molecule has 0 saturated carbocycles. The van der Waals surface area contributed by atoms with Gasteiger partial charge >= 0.3 is 18.0 Å². The predicted octanol–water partition coefficient (Wildman–Crippen LogP) is 3.99. The fourth-order valence-electron chi connectivity index (χ4n) is 3.98. The molecule has 0 saturated heterocycles. The highest BCUT2D eigenvalue weighted by Crippen LogP contribution is 2.26. The first kappa shape index (κ1) is 29.2. The molecule has 0 aliphatic heterocycles. The summed E-state index contributed by atoms with van der Waals surface area (Å²) in [5, 5.41) is 21.7. The van der Waals surface area contributed by atoms with Crippen LogP contribution in [0.3, 0.4) is 0 Å². The number of carboxylic acid groups (broad SMARTS) is 1. The maximum Gasteiger partial charge on any atom is 0.334 e. The number of ether oxygens (including phenoxy) is 2. The smallest absolute Gasteiger partial charge is 0.334 e. The van der Waals surface area contributed by atoms with Crippen LogP contribution in [0.4, 0.5) is 4.79 Å². The molecule has 3 aromatic rings. The highest BCUT2D eigenvalue weighted by atomic mass is 16.6. The molecule has 0 fully saturated rings. The van der Waals surface area contributed by atoms with E-state index >= 15 is 0 Å². The number of methoxy groups -OCH3 is 1. The van der Waals surface area contributed by atoms with Crippen LogP contribution in [0.25, 0.3) is 11.1 Å².